The standard InChI is InChI=1S/C25H37NO/c1-9-19-12-10-11-18(2)23(19)26-15-16-27-22-14-13-20(24(3,4)5)17-21(22)25(6,7)8/h10-14,17,26H,9,15-16H2,1-8H3. The minimum Gasteiger partial charge on any atom is -0.491 e. The second kappa shape index (κ2) is 8.37. The zero-order chi connectivity index (χ0) is 20.2. The molecule has 1 N–H and O–H groups in total. The van der Waals surface area contributed by atoms with Crippen LogP contribution in [0.25, 0.3) is 0 Å². The van der Waals surface area contributed by atoms with Crippen LogP contribution in [0.15, 0.2) is 36.4 Å². The van der Waals surface area contributed by atoms with Crippen LogP contribution in [0.2, 0.25) is 0 Å². The Kier molecular flexibility index (Phi) is 6.62. The minimum absolute atomic E-state index is 0.0510. The van der Waals surface area contributed by atoms with E-state index in [0.29, 0.717) is 6.61 Å². The zero-order valence-corrected chi connectivity index (χ0v) is 18.5. The van der Waals surface area contributed by atoms with Crippen molar-refractivity contribution < 1.29 is 4.74 Å². The molecule has 2 aromatic rings. The van der Waals surface area contributed by atoms with E-state index in [4.69, 9.17) is 4.74 Å². The first-order valence-corrected chi connectivity index (χ1v) is 10.1. The van der Waals surface area contributed by atoms with Gasteiger partial charge in [0.25, 0.3) is 0 Å². The van der Waals surface area contributed by atoms with Crippen LogP contribution < -0.4 is 10.1 Å². The van der Waals surface area contributed by atoms with Gasteiger partial charge >= 0.3 is 0 Å². The molecule has 0 saturated heterocycles. The van der Waals surface area contributed by atoms with Crippen molar-refractivity contribution in [3.63, 3.8) is 0 Å². The lowest BCUT2D eigenvalue weighted by atomic mass is 9.80. The summed E-state index contributed by atoms with van der Waals surface area (Å²) in [7, 11) is 0. The number of hydrogen-bond acceptors (Lipinski definition) is 2. The van der Waals surface area contributed by atoms with Crippen LogP contribution in [-0.4, -0.2) is 13.2 Å². The Balaban J connectivity index is 2.10. The van der Waals surface area contributed by atoms with Crippen LogP contribution in [0.1, 0.15) is 70.7 Å². The van der Waals surface area contributed by atoms with E-state index in [1.165, 1.54) is 27.9 Å². The topological polar surface area (TPSA) is 21.3 Å². The molecule has 27 heavy (non-hydrogen) atoms. The van der Waals surface area contributed by atoms with Gasteiger partial charge in [-0.25, -0.2) is 0 Å². The molecule has 0 heterocycles. The van der Waals surface area contributed by atoms with E-state index in [0.717, 1.165) is 18.7 Å². The zero-order valence-electron chi connectivity index (χ0n) is 18.5. The number of hydrogen-bond donors (Lipinski definition) is 1. The van der Waals surface area contributed by atoms with E-state index in [2.05, 4.69) is 97.1 Å². The number of anilines is 1. The van der Waals surface area contributed by atoms with Gasteiger partial charge in [0, 0.05) is 12.2 Å². The molecule has 2 heteroatoms. The highest BCUT2D eigenvalue weighted by Gasteiger charge is 2.23. The van der Waals surface area contributed by atoms with Crippen molar-refractivity contribution in [2.24, 2.45) is 0 Å². The monoisotopic (exact) mass is 367 g/mol. The number of ether oxygens (including phenoxy) is 1. The van der Waals surface area contributed by atoms with Crippen molar-refractivity contribution in [2.75, 3.05) is 18.5 Å². The van der Waals surface area contributed by atoms with Crippen LogP contribution in [-0.2, 0) is 17.3 Å². The van der Waals surface area contributed by atoms with Crippen LogP contribution in [0.4, 0.5) is 5.69 Å². The van der Waals surface area contributed by atoms with Gasteiger partial charge in [0.05, 0.1) is 0 Å². The molecule has 0 atom stereocenters. The number of rotatable bonds is 6. The van der Waals surface area contributed by atoms with Crippen molar-refractivity contribution in [2.45, 2.75) is 72.6 Å². The van der Waals surface area contributed by atoms with Gasteiger partial charge in [-0.05, 0) is 52.5 Å². The lowest BCUT2D eigenvalue weighted by Gasteiger charge is -2.27. The van der Waals surface area contributed by atoms with Crippen LogP contribution >= 0.6 is 0 Å². The van der Waals surface area contributed by atoms with Gasteiger partial charge in [0.2, 0.25) is 0 Å². The Bertz CT molecular complexity index is 763. The summed E-state index contributed by atoms with van der Waals surface area (Å²) in [5.41, 5.74) is 6.73. The lowest BCUT2D eigenvalue weighted by molar-refractivity contribution is 0.322. The molecule has 0 saturated carbocycles. The summed E-state index contributed by atoms with van der Waals surface area (Å²) in [4.78, 5) is 0. The predicted molar refractivity (Wildman–Crippen MR) is 118 cm³/mol. The summed E-state index contributed by atoms with van der Waals surface area (Å²) in [6.45, 7) is 19.3. The largest absolute Gasteiger partial charge is 0.491 e. The summed E-state index contributed by atoms with van der Waals surface area (Å²) in [5.74, 6) is 0.998. The molecule has 0 aromatic heterocycles. The molecular weight excluding hydrogens is 330 g/mol. The summed E-state index contributed by atoms with van der Waals surface area (Å²) in [6, 6.07) is 13.1. The van der Waals surface area contributed by atoms with Crippen LogP contribution in [0.3, 0.4) is 0 Å². The SMILES string of the molecule is CCc1cccc(C)c1NCCOc1ccc(C(C)(C)C)cc1C(C)(C)C. The molecule has 0 aliphatic rings. The minimum atomic E-state index is 0.0510. The Morgan fingerprint density at radius 2 is 1.63 bits per heavy atom. The second-order valence-electron chi connectivity index (χ2n) is 9.45. The highest BCUT2D eigenvalue weighted by atomic mass is 16.5. The first-order chi connectivity index (χ1) is 12.5. The van der Waals surface area contributed by atoms with Gasteiger partial charge in [0.1, 0.15) is 12.4 Å². The first kappa shape index (κ1) is 21.3. The number of nitrogens with one attached hydrogen (secondary N) is 1. The predicted octanol–water partition coefficient (Wildman–Crippen LogP) is 6.64. The molecule has 0 aliphatic carbocycles. The fraction of sp³-hybridized carbons (Fsp3) is 0.520. The van der Waals surface area contributed by atoms with E-state index >= 15 is 0 Å². The van der Waals surface area contributed by atoms with Crippen molar-refractivity contribution >= 4 is 5.69 Å². The lowest BCUT2D eigenvalue weighted by Crippen LogP contribution is -2.19. The highest BCUT2D eigenvalue weighted by Crippen LogP contribution is 2.35. The molecule has 148 valence electrons. The maximum atomic E-state index is 6.20. The van der Waals surface area contributed by atoms with Crippen molar-refractivity contribution in [1.82, 2.24) is 0 Å². The summed E-state index contributed by atoms with van der Waals surface area (Å²) >= 11 is 0. The summed E-state index contributed by atoms with van der Waals surface area (Å²) in [6.07, 6.45) is 1.04. The molecule has 0 unspecified atom stereocenters. The summed E-state index contributed by atoms with van der Waals surface area (Å²) in [5, 5.41) is 3.57. The normalized spacial score (nSPS) is 12.1. The van der Waals surface area contributed by atoms with E-state index in [1.54, 1.807) is 0 Å². The van der Waals surface area contributed by atoms with Crippen molar-refractivity contribution in [3.05, 3.63) is 58.7 Å². The van der Waals surface area contributed by atoms with Gasteiger partial charge < -0.3 is 10.1 Å². The van der Waals surface area contributed by atoms with Gasteiger partial charge in [-0.3, -0.25) is 0 Å². The van der Waals surface area contributed by atoms with E-state index < -0.39 is 0 Å². The number of aryl methyl sites for hydroxylation is 2. The third-order valence-electron chi connectivity index (χ3n) is 5.05. The molecule has 2 nitrogen and oxygen atoms in total. The van der Waals surface area contributed by atoms with Gasteiger partial charge in [-0.1, -0.05) is 78.8 Å². The van der Waals surface area contributed by atoms with E-state index in [-0.39, 0.29) is 10.8 Å². The highest BCUT2D eigenvalue weighted by molar-refractivity contribution is 5.57. The van der Waals surface area contributed by atoms with Gasteiger partial charge in [-0.15, -0.1) is 0 Å². The Labute approximate surface area is 166 Å². The molecule has 0 spiro atoms. The molecular formula is C25H37NO. The van der Waals surface area contributed by atoms with Gasteiger partial charge in [0.15, 0.2) is 0 Å². The average molecular weight is 368 g/mol. The van der Waals surface area contributed by atoms with Crippen LogP contribution in [0.5, 0.6) is 5.75 Å². The number of para-hydroxylation sites is 1. The summed E-state index contributed by atoms with van der Waals surface area (Å²) < 4.78 is 6.20. The quantitative estimate of drug-likeness (QED) is 0.578. The molecule has 2 aromatic carbocycles. The fourth-order valence-electron chi connectivity index (χ4n) is 3.32. The first-order valence-electron chi connectivity index (χ1n) is 10.1. The fourth-order valence-corrected chi connectivity index (χ4v) is 3.32. The third-order valence-corrected chi connectivity index (χ3v) is 5.05. The maximum absolute atomic E-state index is 6.20. The molecule has 0 bridgehead atoms. The maximum Gasteiger partial charge on any atom is 0.123 e. The average Bonchev–Trinajstić information content (AvgIpc) is 2.57. The Morgan fingerprint density at radius 1 is 0.926 bits per heavy atom. The Morgan fingerprint density at radius 3 is 2.22 bits per heavy atom. The molecule has 0 fully saturated rings. The van der Waals surface area contributed by atoms with E-state index in [9.17, 15) is 0 Å². The van der Waals surface area contributed by atoms with E-state index in [1.807, 2.05) is 0 Å². The second-order valence-corrected chi connectivity index (χ2v) is 9.45. The molecule has 0 aliphatic heterocycles. The van der Waals surface area contributed by atoms with Crippen molar-refractivity contribution in [1.29, 1.82) is 0 Å². The third kappa shape index (κ3) is 5.51. The molecule has 0 radical (unpaired) electrons. The molecule has 0 amide bonds. The Hall–Kier alpha value is -1.96. The van der Waals surface area contributed by atoms with Crippen molar-refractivity contribution in [3.8, 4) is 5.75 Å². The smallest absolute Gasteiger partial charge is 0.123 e. The molecule has 2 rings (SSSR count). The number of benzene rings is 2. The van der Waals surface area contributed by atoms with Crippen LogP contribution in [0, 0.1) is 6.92 Å². The van der Waals surface area contributed by atoms with Gasteiger partial charge in [-0.2, -0.15) is 0 Å².